The van der Waals surface area contributed by atoms with Crippen molar-refractivity contribution >= 4 is 38.3 Å². The molecule has 16 heavy (non-hydrogen) atoms. The second-order valence-corrected chi connectivity index (χ2v) is 4.70. The summed E-state index contributed by atoms with van der Waals surface area (Å²) in [6, 6.07) is 1.58. The van der Waals surface area contributed by atoms with E-state index in [-0.39, 0.29) is 5.91 Å². The molecule has 0 aromatic carbocycles. The van der Waals surface area contributed by atoms with Gasteiger partial charge in [-0.15, -0.1) is 10.2 Å². The summed E-state index contributed by atoms with van der Waals surface area (Å²) in [5.74, 6) is -0.264. The Morgan fingerprint density at radius 1 is 1.62 bits per heavy atom. The van der Waals surface area contributed by atoms with E-state index >= 15 is 0 Å². The van der Waals surface area contributed by atoms with Gasteiger partial charge in [-0.25, -0.2) is 0 Å². The Morgan fingerprint density at radius 3 is 3.00 bits per heavy atom. The van der Waals surface area contributed by atoms with Crippen LogP contribution in [0.1, 0.15) is 22.3 Å². The summed E-state index contributed by atoms with van der Waals surface area (Å²) in [5, 5.41) is 11.8. The van der Waals surface area contributed by atoms with Crippen LogP contribution in [0.25, 0.3) is 0 Å². The number of hydrogen-bond donors (Lipinski definition) is 1. The first-order chi connectivity index (χ1) is 7.70. The molecule has 0 atom stereocenters. The quantitative estimate of drug-likeness (QED) is 0.946. The fourth-order valence-electron chi connectivity index (χ4n) is 1.07. The third-order valence-corrected chi connectivity index (χ3v) is 3.45. The van der Waals surface area contributed by atoms with Crippen molar-refractivity contribution in [3.63, 3.8) is 0 Å². The van der Waals surface area contributed by atoms with Crippen molar-refractivity contribution in [3.05, 3.63) is 27.6 Å². The molecule has 0 unspecified atom stereocenters. The van der Waals surface area contributed by atoms with Crippen LogP contribution in [-0.4, -0.2) is 16.1 Å². The van der Waals surface area contributed by atoms with Crippen LogP contribution >= 0.6 is 27.3 Å². The van der Waals surface area contributed by atoms with Crippen LogP contribution in [0, 0.1) is 0 Å². The van der Waals surface area contributed by atoms with Crippen molar-refractivity contribution in [3.8, 4) is 0 Å². The maximum atomic E-state index is 11.7. The van der Waals surface area contributed by atoms with E-state index in [4.69, 9.17) is 4.42 Å². The van der Waals surface area contributed by atoms with Gasteiger partial charge < -0.3 is 4.42 Å². The highest BCUT2D eigenvalue weighted by Crippen LogP contribution is 2.20. The molecule has 0 bridgehead atoms. The molecule has 2 aromatic heterocycles. The van der Waals surface area contributed by atoms with Gasteiger partial charge in [-0.05, 0) is 28.4 Å². The van der Waals surface area contributed by atoms with Crippen LogP contribution in [0.5, 0.6) is 0 Å². The number of halogens is 1. The van der Waals surface area contributed by atoms with Gasteiger partial charge in [0.05, 0.1) is 11.8 Å². The lowest BCUT2D eigenvalue weighted by atomic mass is 10.3. The maximum absolute atomic E-state index is 11.7. The minimum Gasteiger partial charge on any atom is -0.457 e. The molecular formula is C9H8BrN3O2S. The number of hydrogen-bond acceptors (Lipinski definition) is 5. The first kappa shape index (κ1) is 11.3. The van der Waals surface area contributed by atoms with E-state index in [0.717, 1.165) is 11.4 Å². The molecule has 0 aliphatic heterocycles. The van der Waals surface area contributed by atoms with E-state index in [9.17, 15) is 4.79 Å². The fourth-order valence-corrected chi connectivity index (χ4v) is 2.16. The number of anilines is 1. The number of aryl methyl sites for hydroxylation is 1. The van der Waals surface area contributed by atoms with Gasteiger partial charge >= 0.3 is 0 Å². The van der Waals surface area contributed by atoms with Crippen LogP contribution in [0.2, 0.25) is 0 Å². The molecule has 0 radical (unpaired) electrons. The third kappa shape index (κ3) is 2.30. The van der Waals surface area contributed by atoms with Crippen molar-refractivity contribution in [2.24, 2.45) is 0 Å². The van der Waals surface area contributed by atoms with E-state index in [1.165, 1.54) is 17.6 Å². The first-order valence-corrected chi connectivity index (χ1v) is 6.18. The van der Waals surface area contributed by atoms with Crippen LogP contribution < -0.4 is 5.32 Å². The van der Waals surface area contributed by atoms with Crippen LogP contribution in [0.15, 0.2) is 21.4 Å². The van der Waals surface area contributed by atoms with Crippen molar-refractivity contribution in [1.82, 2.24) is 10.2 Å². The second-order valence-electron chi connectivity index (χ2n) is 2.92. The van der Waals surface area contributed by atoms with Gasteiger partial charge in [0.25, 0.3) is 5.91 Å². The highest BCUT2D eigenvalue weighted by molar-refractivity contribution is 9.10. The lowest BCUT2D eigenvalue weighted by Gasteiger charge is -1.97. The molecule has 84 valence electrons. The molecule has 1 amide bonds. The lowest BCUT2D eigenvalue weighted by molar-refractivity contribution is 0.102. The minimum absolute atomic E-state index is 0.264. The highest BCUT2D eigenvalue weighted by Gasteiger charge is 2.14. The van der Waals surface area contributed by atoms with Gasteiger partial charge in [0.15, 0.2) is 4.67 Å². The van der Waals surface area contributed by atoms with Gasteiger partial charge in [0.2, 0.25) is 5.13 Å². The smallest absolute Gasteiger partial charge is 0.261 e. The van der Waals surface area contributed by atoms with Crippen molar-refractivity contribution in [1.29, 1.82) is 0 Å². The van der Waals surface area contributed by atoms with Gasteiger partial charge in [-0.1, -0.05) is 18.3 Å². The second kappa shape index (κ2) is 4.75. The maximum Gasteiger partial charge on any atom is 0.261 e. The number of furan rings is 1. The standard InChI is InChI=1S/C9H8BrN3O2S/c1-2-6-12-13-9(16-6)11-8(14)5-3-4-15-7(5)10/h3-4H,2H2,1H3,(H,11,13,14). The molecule has 1 N–H and O–H groups in total. The van der Waals surface area contributed by atoms with Crippen LogP contribution in [-0.2, 0) is 6.42 Å². The summed E-state index contributed by atoms with van der Waals surface area (Å²) >= 11 is 4.50. The van der Waals surface area contributed by atoms with E-state index in [1.54, 1.807) is 6.07 Å². The zero-order valence-electron chi connectivity index (χ0n) is 8.36. The predicted molar refractivity (Wildman–Crippen MR) is 63.6 cm³/mol. The summed E-state index contributed by atoms with van der Waals surface area (Å²) in [5.41, 5.74) is 0.438. The summed E-state index contributed by atoms with van der Waals surface area (Å²) in [4.78, 5) is 11.7. The average molecular weight is 302 g/mol. The number of nitrogens with zero attached hydrogens (tertiary/aromatic N) is 2. The Morgan fingerprint density at radius 2 is 2.44 bits per heavy atom. The van der Waals surface area contributed by atoms with E-state index in [0.29, 0.717) is 15.4 Å². The number of nitrogens with one attached hydrogen (secondary N) is 1. The Labute approximate surface area is 104 Å². The Balaban J connectivity index is 2.11. The SMILES string of the molecule is CCc1nnc(NC(=O)c2ccoc2Br)s1. The summed E-state index contributed by atoms with van der Waals surface area (Å²) in [7, 11) is 0. The summed E-state index contributed by atoms with van der Waals surface area (Å²) in [6.07, 6.45) is 2.25. The van der Waals surface area contributed by atoms with Gasteiger partial charge in [-0.2, -0.15) is 0 Å². The van der Waals surface area contributed by atoms with Crippen LogP contribution in [0.3, 0.4) is 0 Å². The van der Waals surface area contributed by atoms with E-state index in [2.05, 4.69) is 31.4 Å². The molecule has 0 aliphatic rings. The first-order valence-electron chi connectivity index (χ1n) is 4.57. The molecule has 0 fully saturated rings. The molecule has 0 spiro atoms. The monoisotopic (exact) mass is 301 g/mol. The number of carbonyl (C=O) groups excluding carboxylic acids is 1. The Hall–Kier alpha value is -1.21. The van der Waals surface area contributed by atoms with Crippen molar-refractivity contribution < 1.29 is 9.21 Å². The van der Waals surface area contributed by atoms with Gasteiger partial charge in [0.1, 0.15) is 5.01 Å². The molecule has 7 heteroatoms. The molecular weight excluding hydrogens is 294 g/mol. The molecule has 2 heterocycles. The van der Waals surface area contributed by atoms with E-state index in [1.807, 2.05) is 6.92 Å². The highest BCUT2D eigenvalue weighted by atomic mass is 79.9. The predicted octanol–water partition coefficient (Wildman–Crippen LogP) is 2.71. The minimum atomic E-state index is -0.264. The number of carbonyl (C=O) groups is 1. The normalized spacial score (nSPS) is 10.4. The molecule has 2 rings (SSSR count). The molecule has 0 saturated carbocycles. The average Bonchev–Trinajstić information content (AvgIpc) is 2.86. The van der Waals surface area contributed by atoms with E-state index < -0.39 is 0 Å². The van der Waals surface area contributed by atoms with Crippen molar-refractivity contribution in [2.75, 3.05) is 5.32 Å². The largest absolute Gasteiger partial charge is 0.457 e. The topological polar surface area (TPSA) is 68.0 Å². The van der Waals surface area contributed by atoms with Gasteiger partial charge in [-0.3, -0.25) is 10.1 Å². The molecule has 0 saturated heterocycles. The Kier molecular flexibility index (Phi) is 3.35. The lowest BCUT2D eigenvalue weighted by Crippen LogP contribution is -2.11. The zero-order chi connectivity index (χ0) is 11.5. The molecule has 0 aliphatic carbocycles. The summed E-state index contributed by atoms with van der Waals surface area (Å²) in [6.45, 7) is 1.98. The number of aromatic nitrogens is 2. The Bertz CT molecular complexity index is 508. The van der Waals surface area contributed by atoms with Crippen molar-refractivity contribution in [2.45, 2.75) is 13.3 Å². The third-order valence-electron chi connectivity index (χ3n) is 1.85. The van der Waals surface area contributed by atoms with Crippen LogP contribution in [0.4, 0.5) is 5.13 Å². The fraction of sp³-hybridized carbons (Fsp3) is 0.222. The number of rotatable bonds is 3. The molecule has 2 aromatic rings. The van der Waals surface area contributed by atoms with Gasteiger partial charge in [0, 0.05) is 0 Å². The molecule has 5 nitrogen and oxygen atoms in total. The number of amides is 1. The zero-order valence-corrected chi connectivity index (χ0v) is 10.8. The summed E-state index contributed by atoms with van der Waals surface area (Å²) < 4.78 is 5.38.